The number of ether oxygens (including phenoxy) is 2. The van der Waals surface area contributed by atoms with E-state index in [-0.39, 0.29) is 18.1 Å². The van der Waals surface area contributed by atoms with Crippen LogP contribution in [0.3, 0.4) is 0 Å². The van der Waals surface area contributed by atoms with Crippen LogP contribution in [0.2, 0.25) is 0 Å². The molecule has 0 aromatic heterocycles. The van der Waals surface area contributed by atoms with Crippen LogP contribution in [0, 0.1) is 0 Å². The lowest BCUT2D eigenvalue weighted by Gasteiger charge is -2.31. The maximum Gasteiger partial charge on any atom is 0.238 e. The van der Waals surface area contributed by atoms with Gasteiger partial charge in [-0.1, -0.05) is 25.1 Å². The topological polar surface area (TPSA) is 50.8 Å². The lowest BCUT2D eigenvalue weighted by Crippen LogP contribution is -2.38. The number of nitrogens with one attached hydrogen (secondary N) is 1. The Hall–Kier alpha value is -2.01. The minimum Gasteiger partial charge on any atom is -0.493 e. The van der Waals surface area contributed by atoms with Gasteiger partial charge in [-0.15, -0.1) is 0 Å². The van der Waals surface area contributed by atoms with Gasteiger partial charge in [-0.2, -0.15) is 0 Å². The summed E-state index contributed by atoms with van der Waals surface area (Å²) < 4.78 is 11.0. The van der Waals surface area contributed by atoms with Gasteiger partial charge in [0.1, 0.15) is 12.8 Å². The van der Waals surface area contributed by atoms with Gasteiger partial charge in [0, 0.05) is 6.54 Å². The molecule has 2 saturated heterocycles. The third-order valence-electron chi connectivity index (χ3n) is 4.32. The van der Waals surface area contributed by atoms with Gasteiger partial charge < -0.3 is 14.8 Å². The van der Waals surface area contributed by atoms with E-state index in [1.54, 1.807) is 13.2 Å². The number of carbonyl (C=O) groups excluding carboxylic acids is 1. The van der Waals surface area contributed by atoms with Gasteiger partial charge in [0.05, 0.1) is 13.2 Å². The number of nitrogens with zero attached hydrogens (tertiary/aromatic N) is 1. The molecule has 5 heteroatoms. The Kier molecular flexibility index (Phi) is 4.34. The summed E-state index contributed by atoms with van der Waals surface area (Å²) in [7, 11) is 1.62. The average molecular weight is 302 g/mol. The largest absolute Gasteiger partial charge is 0.493 e. The Bertz CT molecular complexity index is 573. The van der Waals surface area contributed by atoms with Crippen molar-refractivity contribution in [3.63, 3.8) is 0 Å². The SMILES string of the molecule is C=CCOc1ccc(C2NC(=O)C3CCCCN32)cc1OC. The Labute approximate surface area is 130 Å². The molecule has 2 fully saturated rings. The molecule has 2 aliphatic heterocycles. The number of piperidine rings is 1. The predicted molar refractivity (Wildman–Crippen MR) is 83.9 cm³/mol. The van der Waals surface area contributed by atoms with E-state index in [0.717, 1.165) is 31.4 Å². The molecule has 2 aliphatic rings. The van der Waals surface area contributed by atoms with Crippen molar-refractivity contribution in [1.29, 1.82) is 0 Å². The smallest absolute Gasteiger partial charge is 0.238 e. The number of hydrogen-bond acceptors (Lipinski definition) is 4. The molecule has 1 aromatic rings. The van der Waals surface area contributed by atoms with Gasteiger partial charge in [-0.3, -0.25) is 9.69 Å². The molecule has 0 aliphatic carbocycles. The predicted octanol–water partition coefficient (Wildman–Crippen LogP) is 2.24. The van der Waals surface area contributed by atoms with Gasteiger partial charge >= 0.3 is 0 Å². The number of methoxy groups -OCH3 is 1. The van der Waals surface area contributed by atoms with Crippen LogP contribution in [0.5, 0.6) is 11.5 Å². The van der Waals surface area contributed by atoms with E-state index in [9.17, 15) is 4.79 Å². The first-order valence-corrected chi connectivity index (χ1v) is 7.72. The zero-order chi connectivity index (χ0) is 15.5. The molecule has 2 unspecified atom stereocenters. The molecular formula is C17H22N2O3. The molecular weight excluding hydrogens is 280 g/mol. The third kappa shape index (κ3) is 2.68. The van der Waals surface area contributed by atoms with Crippen molar-refractivity contribution < 1.29 is 14.3 Å². The molecule has 2 atom stereocenters. The fourth-order valence-electron chi connectivity index (χ4n) is 3.26. The second kappa shape index (κ2) is 6.40. The Morgan fingerprint density at radius 3 is 3.05 bits per heavy atom. The van der Waals surface area contributed by atoms with Gasteiger partial charge in [0.15, 0.2) is 11.5 Å². The molecule has 0 saturated carbocycles. The second-order valence-electron chi connectivity index (χ2n) is 5.67. The molecule has 0 bridgehead atoms. The van der Waals surface area contributed by atoms with Crippen LogP contribution < -0.4 is 14.8 Å². The summed E-state index contributed by atoms with van der Waals surface area (Å²) in [6.07, 6.45) is 4.83. The summed E-state index contributed by atoms with van der Waals surface area (Å²) in [6.45, 7) is 5.03. The van der Waals surface area contributed by atoms with E-state index in [1.165, 1.54) is 0 Å². The molecule has 1 N–H and O–H groups in total. The van der Waals surface area contributed by atoms with Crippen LogP contribution in [-0.4, -0.2) is 37.1 Å². The zero-order valence-corrected chi connectivity index (χ0v) is 12.9. The zero-order valence-electron chi connectivity index (χ0n) is 12.9. The first kappa shape index (κ1) is 14.9. The minimum atomic E-state index is -0.0693. The highest BCUT2D eigenvalue weighted by atomic mass is 16.5. The Balaban J connectivity index is 1.85. The number of fused-ring (bicyclic) bond motifs is 1. The summed E-state index contributed by atoms with van der Waals surface area (Å²) in [4.78, 5) is 14.4. The van der Waals surface area contributed by atoms with Crippen LogP contribution >= 0.6 is 0 Å². The van der Waals surface area contributed by atoms with E-state index < -0.39 is 0 Å². The lowest BCUT2D eigenvalue weighted by molar-refractivity contribution is -0.122. The van der Waals surface area contributed by atoms with Crippen molar-refractivity contribution in [3.8, 4) is 11.5 Å². The number of carbonyl (C=O) groups is 1. The quantitative estimate of drug-likeness (QED) is 0.848. The van der Waals surface area contributed by atoms with Crippen LogP contribution in [0.25, 0.3) is 0 Å². The summed E-state index contributed by atoms with van der Waals surface area (Å²) in [5, 5.41) is 3.10. The average Bonchev–Trinajstić information content (AvgIpc) is 2.90. The fraction of sp³-hybridized carbons (Fsp3) is 0.471. The molecule has 118 valence electrons. The van der Waals surface area contributed by atoms with E-state index in [1.807, 2.05) is 18.2 Å². The van der Waals surface area contributed by atoms with E-state index in [4.69, 9.17) is 9.47 Å². The minimum absolute atomic E-state index is 0.0152. The van der Waals surface area contributed by atoms with Gasteiger partial charge in [-0.25, -0.2) is 0 Å². The summed E-state index contributed by atoms with van der Waals surface area (Å²) in [5.41, 5.74) is 1.03. The van der Waals surface area contributed by atoms with Crippen molar-refractivity contribution in [1.82, 2.24) is 10.2 Å². The van der Waals surface area contributed by atoms with Gasteiger partial charge in [0.25, 0.3) is 0 Å². The maximum atomic E-state index is 12.1. The molecule has 22 heavy (non-hydrogen) atoms. The molecule has 0 spiro atoms. The fourth-order valence-corrected chi connectivity index (χ4v) is 3.26. The molecule has 0 radical (unpaired) electrons. The maximum absolute atomic E-state index is 12.1. The summed E-state index contributed by atoms with van der Waals surface area (Å²) in [6, 6.07) is 5.84. The standard InChI is InChI=1S/C17H22N2O3/c1-3-10-22-14-8-7-12(11-15(14)21-2)16-18-17(20)13-6-4-5-9-19(13)16/h3,7-8,11,13,16H,1,4-6,9-10H2,2H3,(H,18,20). The lowest BCUT2D eigenvalue weighted by atomic mass is 10.0. The first-order chi connectivity index (χ1) is 10.7. The molecule has 3 rings (SSSR count). The molecule has 2 heterocycles. The highest BCUT2D eigenvalue weighted by Gasteiger charge is 2.41. The Morgan fingerprint density at radius 2 is 2.27 bits per heavy atom. The van der Waals surface area contributed by atoms with Crippen molar-refractivity contribution >= 4 is 5.91 Å². The first-order valence-electron chi connectivity index (χ1n) is 7.72. The summed E-state index contributed by atoms with van der Waals surface area (Å²) >= 11 is 0. The molecule has 1 aromatic carbocycles. The highest BCUT2D eigenvalue weighted by molar-refractivity contribution is 5.84. The number of rotatable bonds is 5. The van der Waals surface area contributed by atoms with Gasteiger partial charge in [0.2, 0.25) is 5.91 Å². The highest BCUT2D eigenvalue weighted by Crippen LogP contribution is 2.36. The van der Waals surface area contributed by atoms with Crippen LogP contribution in [0.1, 0.15) is 31.0 Å². The molecule has 5 nitrogen and oxygen atoms in total. The molecule has 1 amide bonds. The number of hydrogen-bond donors (Lipinski definition) is 1. The van der Waals surface area contributed by atoms with Gasteiger partial charge in [-0.05, 0) is 30.5 Å². The Morgan fingerprint density at radius 1 is 1.41 bits per heavy atom. The van der Waals surface area contributed by atoms with Crippen molar-refractivity contribution in [2.45, 2.75) is 31.5 Å². The van der Waals surface area contributed by atoms with E-state index in [0.29, 0.717) is 18.1 Å². The number of benzene rings is 1. The monoisotopic (exact) mass is 302 g/mol. The van der Waals surface area contributed by atoms with Crippen LogP contribution in [-0.2, 0) is 4.79 Å². The normalized spacial score (nSPS) is 24.5. The van der Waals surface area contributed by atoms with E-state index in [2.05, 4.69) is 16.8 Å². The van der Waals surface area contributed by atoms with Crippen LogP contribution in [0.15, 0.2) is 30.9 Å². The van der Waals surface area contributed by atoms with Crippen LogP contribution in [0.4, 0.5) is 0 Å². The summed E-state index contributed by atoms with van der Waals surface area (Å²) in [5.74, 6) is 1.50. The van der Waals surface area contributed by atoms with Crippen molar-refractivity contribution in [2.75, 3.05) is 20.3 Å². The van der Waals surface area contributed by atoms with E-state index >= 15 is 0 Å². The number of amides is 1. The van der Waals surface area contributed by atoms with Crippen molar-refractivity contribution in [2.24, 2.45) is 0 Å². The second-order valence-corrected chi connectivity index (χ2v) is 5.67. The van der Waals surface area contributed by atoms with Crippen molar-refractivity contribution in [3.05, 3.63) is 36.4 Å². The third-order valence-corrected chi connectivity index (χ3v) is 4.32.